The van der Waals surface area contributed by atoms with E-state index >= 15 is 0 Å². The number of hydrogen-bond acceptors (Lipinski definition) is 5. The fourth-order valence-electron chi connectivity index (χ4n) is 7.03. The van der Waals surface area contributed by atoms with Gasteiger partial charge in [0.05, 0.1) is 12.1 Å². The lowest BCUT2D eigenvalue weighted by Crippen LogP contribution is -2.35. The van der Waals surface area contributed by atoms with Gasteiger partial charge in [0.1, 0.15) is 12.3 Å². The van der Waals surface area contributed by atoms with Crippen LogP contribution in [0.1, 0.15) is 35.6 Å². The molecule has 3 aromatic carbocycles. The lowest BCUT2D eigenvalue weighted by atomic mass is 9.74. The van der Waals surface area contributed by atoms with E-state index < -0.39 is 0 Å². The maximum absolute atomic E-state index is 13.4. The number of methoxy groups -OCH3 is 1. The zero-order valence-corrected chi connectivity index (χ0v) is 22.2. The molecule has 4 aromatic rings. The standard InChI is InChI=1S/C30H28N2O3S2/c1-35-23-12-5-4-10-21(23)26-25-18-13-14-19(15-18)27(25)36-29-28(26)37-30(34)32(29)16-24(33)31-22-11-6-8-17-7-2-3-9-20(17)22/h2-12,18-19,25-27H,13-16H2,1H3,(H,31,33)/t18-,19-,25-,26-,27+/m0/s1. The van der Waals surface area contributed by atoms with Crippen LogP contribution in [0.4, 0.5) is 5.69 Å². The summed E-state index contributed by atoms with van der Waals surface area (Å²) in [7, 11) is 1.72. The Kier molecular flexibility index (Phi) is 5.66. The van der Waals surface area contributed by atoms with E-state index in [1.165, 1.54) is 36.2 Å². The summed E-state index contributed by atoms with van der Waals surface area (Å²) in [4.78, 5) is 27.7. The molecule has 0 spiro atoms. The molecular formula is C30H28N2O3S2. The second-order valence-electron chi connectivity index (χ2n) is 10.4. The Morgan fingerprint density at radius 2 is 1.81 bits per heavy atom. The molecule has 5 nitrogen and oxygen atoms in total. The number of benzene rings is 3. The van der Waals surface area contributed by atoms with Gasteiger partial charge in [-0.3, -0.25) is 14.2 Å². The van der Waals surface area contributed by atoms with E-state index in [9.17, 15) is 9.59 Å². The number of fused-ring (bicyclic) bond motifs is 7. The molecular weight excluding hydrogens is 500 g/mol. The van der Waals surface area contributed by atoms with Gasteiger partial charge >= 0.3 is 4.87 Å². The molecule has 7 heteroatoms. The number of amides is 1. The van der Waals surface area contributed by atoms with Gasteiger partial charge < -0.3 is 10.1 Å². The third kappa shape index (κ3) is 3.74. The molecule has 2 aliphatic carbocycles. The van der Waals surface area contributed by atoms with Crippen LogP contribution in [0, 0.1) is 17.8 Å². The molecule has 5 atom stereocenters. The molecule has 2 fully saturated rings. The van der Waals surface area contributed by atoms with Crippen molar-refractivity contribution in [3.63, 3.8) is 0 Å². The molecule has 1 aliphatic heterocycles. The van der Waals surface area contributed by atoms with E-state index in [-0.39, 0.29) is 23.2 Å². The summed E-state index contributed by atoms with van der Waals surface area (Å²) < 4.78 is 7.51. The average Bonchev–Trinajstić information content (AvgIpc) is 3.62. The predicted octanol–water partition coefficient (Wildman–Crippen LogP) is 6.36. The molecule has 1 aromatic heterocycles. The molecule has 0 unspecified atom stereocenters. The van der Waals surface area contributed by atoms with E-state index in [2.05, 4.69) is 17.4 Å². The number of ether oxygens (including phenoxy) is 1. The maximum Gasteiger partial charge on any atom is 0.308 e. The molecule has 7 rings (SSSR count). The van der Waals surface area contributed by atoms with Crippen molar-refractivity contribution in [3.8, 4) is 5.75 Å². The fourth-order valence-corrected chi connectivity index (χ4v) is 10.2. The third-order valence-corrected chi connectivity index (χ3v) is 11.4. The summed E-state index contributed by atoms with van der Waals surface area (Å²) in [5.74, 6) is 2.71. The Balaban J connectivity index is 1.26. The number of hydrogen-bond donors (Lipinski definition) is 1. The number of anilines is 1. The van der Waals surface area contributed by atoms with Crippen LogP contribution < -0.4 is 14.9 Å². The third-order valence-electron chi connectivity index (χ3n) is 8.53. The lowest BCUT2D eigenvalue weighted by molar-refractivity contribution is -0.116. The van der Waals surface area contributed by atoms with Crippen LogP contribution in [0.5, 0.6) is 5.75 Å². The highest BCUT2D eigenvalue weighted by Crippen LogP contribution is 2.64. The van der Waals surface area contributed by atoms with E-state index in [0.29, 0.717) is 23.0 Å². The van der Waals surface area contributed by atoms with Gasteiger partial charge in [-0.25, -0.2) is 0 Å². The smallest absolute Gasteiger partial charge is 0.308 e. The van der Waals surface area contributed by atoms with Gasteiger partial charge in [0.15, 0.2) is 0 Å². The van der Waals surface area contributed by atoms with Gasteiger partial charge in [-0.05, 0) is 54.5 Å². The molecule has 37 heavy (non-hydrogen) atoms. The van der Waals surface area contributed by atoms with Crippen LogP contribution in [0.3, 0.4) is 0 Å². The minimum Gasteiger partial charge on any atom is -0.496 e. The van der Waals surface area contributed by atoms with Crippen molar-refractivity contribution < 1.29 is 9.53 Å². The number of carbonyl (C=O) groups excluding carboxylic acids is 1. The Morgan fingerprint density at radius 3 is 2.70 bits per heavy atom. The largest absolute Gasteiger partial charge is 0.496 e. The molecule has 0 radical (unpaired) electrons. The Morgan fingerprint density at radius 1 is 1.03 bits per heavy atom. The zero-order chi connectivity index (χ0) is 25.1. The Bertz CT molecular complexity index is 1570. The van der Waals surface area contributed by atoms with E-state index in [1.807, 2.05) is 66.4 Å². The SMILES string of the molecule is COc1ccccc1[C@@H]1c2sc(=O)n(CC(=O)Nc3cccc4ccccc34)c2S[C@@H]2[C@H]3CC[C@@H](C3)[C@@H]12. The van der Waals surface area contributed by atoms with Gasteiger partial charge in [0.25, 0.3) is 0 Å². The predicted molar refractivity (Wildman–Crippen MR) is 150 cm³/mol. The summed E-state index contributed by atoms with van der Waals surface area (Å²) >= 11 is 3.17. The first-order valence-electron chi connectivity index (χ1n) is 12.9. The quantitative estimate of drug-likeness (QED) is 0.327. The van der Waals surface area contributed by atoms with Crippen molar-refractivity contribution in [2.75, 3.05) is 12.4 Å². The number of nitrogens with one attached hydrogen (secondary N) is 1. The zero-order valence-electron chi connectivity index (χ0n) is 20.6. The van der Waals surface area contributed by atoms with Crippen molar-refractivity contribution in [1.82, 2.24) is 4.57 Å². The maximum atomic E-state index is 13.4. The topological polar surface area (TPSA) is 60.3 Å². The van der Waals surface area contributed by atoms with Crippen LogP contribution in [0.2, 0.25) is 0 Å². The van der Waals surface area contributed by atoms with Gasteiger partial charge in [-0.15, -0.1) is 11.8 Å². The highest BCUT2D eigenvalue weighted by molar-refractivity contribution is 8.00. The summed E-state index contributed by atoms with van der Waals surface area (Å²) in [6.45, 7) is 0.0189. The Hall–Kier alpha value is -3.03. The van der Waals surface area contributed by atoms with E-state index in [1.54, 1.807) is 11.7 Å². The molecule has 1 N–H and O–H groups in total. The summed E-state index contributed by atoms with van der Waals surface area (Å²) in [5, 5.41) is 6.59. The second kappa shape index (κ2) is 9.07. The van der Waals surface area contributed by atoms with Crippen LogP contribution in [-0.2, 0) is 11.3 Å². The number of aromatic nitrogens is 1. The minimum atomic E-state index is -0.177. The fraction of sp³-hybridized carbons (Fsp3) is 0.333. The highest BCUT2D eigenvalue weighted by Gasteiger charge is 2.55. The number of thiazole rings is 1. The number of thioether (sulfide) groups is 1. The molecule has 2 bridgehead atoms. The molecule has 0 saturated heterocycles. The van der Waals surface area contributed by atoms with Gasteiger partial charge in [-0.1, -0.05) is 65.9 Å². The molecule has 3 aliphatic rings. The van der Waals surface area contributed by atoms with Gasteiger partial charge in [-0.2, -0.15) is 0 Å². The lowest BCUT2D eigenvalue weighted by Gasteiger charge is -2.40. The first-order valence-corrected chi connectivity index (χ1v) is 14.6. The van der Waals surface area contributed by atoms with Crippen LogP contribution in [-0.4, -0.2) is 22.8 Å². The highest BCUT2D eigenvalue weighted by atomic mass is 32.2. The van der Waals surface area contributed by atoms with Crippen molar-refractivity contribution in [2.45, 2.75) is 42.0 Å². The summed E-state index contributed by atoms with van der Waals surface area (Å²) in [6.07, 6.45) is 3.81. The number of rotatable bonds is 5. The second-order valence-corrected chi connectivity index (χ2v) is 12.6. The van der Waals surface area contributed by atoms with E-state index in [4.69, 9.17) is 4.74 Å². The molecule has 1 amide bonds. The molecule has 188 valence electrons. The number of nitrogens with zero attached hydrogens (tertiary/aromatic N) is 1. The number of carbonyl (C=O) groups is 1. The monoisotopic (exact) mass is 528 g/mol. The van der Waals surface area contributed by atoms with Crippen LogP contribution in [0.15, 0.2) is 76.6 Å². The molecule has 2 saturated carbocycles. The van der Waals surface area contributed by atoms with E-state index in [0.717, 1.165) is 32.1 Å². The first kappa shape index (κ1) is 23.1. The summed E-state index contributed by atoms with van der Waals surface area (Å²) in [5.41, 5.74) is 1.94. The molecule has 2 heterocycles. The van der Waals surface area contributed by atoms with Gasteiger partial charge in [0.2, 0.25) is 5.91 Å². The Labute approximate surface area is 223 Å². The number of para-hydroxylation sites is 1. The van der Waals surface area contributed by atoms with Crippen molar-refractivity contribution in [1.29, 1.82) is 0 Å². The normalized spacial score (nSPS) is 25.6. The minimum absolute atomic E-state index is 0.0189. The first-order chi connectivity index (χ1) is 18.1. The van der Waals surface area contributed by atoms with Crippen molar-refractivity contribution in [2.24, 2.45) is 17.8 Å². The van der Waals surface area contributed by atoms with Crippen molar-refractivity contribution >= 4 is 45.5 Å². The van der Waals surface area contributed by atoms with Crippen molar-refractivity contribution in [3.05, 3.63) is 86.8 Å². The van der Waals surface area contributed by atoms with Crippen LogP contribution >= 0.6 is 23.1 Å². The van der Waals surface area contributed by atoms with Crippen LogP contribution in [0.25, 0.3) is 10.8 Å². The van der Waals surface area contributed by atoms with Gasteiger partial charge in [0, 0.05) is 32.7 Å². The average molecular weight is 529 g/mol. The summed E-state index contributed by atoms with van der Waals surface area (Å²) in [6, 6.07) is 22.1.